The predicted molar refractivity (Wildman–Crippen MR) is 134 cm³/mol. The molecule has 0 saturated carbocycles. The smallest absolute Gasteiger partial charge is 0.269 e. The van der Waals surface area contributed by atoms with E-state index in [2.05, 4.69) is 5.32 Å². The van der Waals surface area contributed by atoms with Gasteiger partial charge in [-0.1, -0.05) is 60.3 Å². The van der Waals surface area contributed by atoms with Gasteiger partial charge in [-0.3, -0.25) is 14.5 Å². The van der Waals surface area contributed by atoms with Crippen LogP contribution in [-0.2, 0) is 16.0 Å². The number of ether oxygens (including phenoxy) is 1. The molecule has 1 aliphatic rings. The molecule has 1 fully saturated rings. The van der Waals surface area contributed by atoms with Gasteiger partial charge in [0.2, 0.25) is 5.91 Å². The van der Waals surface area contributed by atoms with Gasteiger partial charge < -0.3 is 10.1 Å². The van der Waals surface area contributed by atoms with Gasteiger partial charge in [-0.2, -0.15) is 5.26 Å². The van der Waals surface area contributed by atoms with Crippen LogP contribution in [-0.4, -0.2) is 24.2 Å². The molecule has 1 saturated heterocycles. The lowest BCUT2D eigenvalue weighted by atomic mass is 10.1. The Kier molecular flexibility index (Phi) is 7.00. The van der Waals surface area contributed by atoms with Crippen LogP contribution in [0.1, 0.15) is 11.1 Å². The lowest BCUT2D eigenvalue weighted by Crippen LogP contribution is -2.31. The van der Waals surface area contributed by atoms with Gasteiger partial charge in [0.05, 0.1) is 18.0 Å². The Bertz CT molecular complexity index is 1280. The van der Waals surface area contributed by atoms with Crippen molar-refractivity contribution in [2.45, 2.75) is 18.6 Å². The van der Waals surface area contributed by atoms with Crippen LogP contribution in [0.4, 0.5) is 11.4 Å². The summed E-state index contributed by atoms with van der Waals surface area (Å²) in [6.07, 6.45) is 0.457. The van der Waals surface area contributed by atoms with E-state index in [-0.39, 0.29) is 11.5 Å². The van der Waals surface area contributed by atoms with Gasteiger partial charge in [0.1, 0.15) is 22.4 Å². The lowest BCUT2D eigenvalue weighted by molar-refractivity contribution is -0.117. The minimum atomic E-state index is -0.548. The zero-order valence-electron chi connectivity index (χ0n) is 18.8. The van der Waals surface area contributed by atoms with Crippen molar-refractivity contribution in [2.24, 2.45) is 0 Å². The zero-order chi connectivity index (χ0) is 24.1. The second-order valence-corrected chi connectivity index (χ2v) is 8.92. The molecule has 1 aliphatic heterocycles. The Morgan fingerprint density at radius 3 is 2.38 bits per heavy atom. The number of nitriles is 1. The summed E-state index contributed by atoms with van der Waals surface area (Å²) in [5.74, 6) is 0.0266. The molecule has 1 heterocycles. The van der Waals surface area contributed by atoms with Crippen molar-refractivity contribution in [1.29, 1.82) is 5.26 Å². The van der Waals surface area contributed by atoms with Crippen molar-refractivity contribution >= 4 is 35.0 Å². The molecule has 0 unspecified atom stereocenters. The quantitative estimate of drug-likeness (QED) is 0.403. The molecule has 0 aliphatic carbocycles. The van der Waals surface area contributed by atoms with Crippen LogP contribution >= 0.6 is 11.8 Å². The molecule has 4 rings (SSSR count). The third-order valence-corrected chi connectivity index (χ3v) is 6.74. The SMILES string of the molecule is COc1ccc(C[C@@H]2S/C(=C(/C#N)C(=O)Nc3ccccc3)N(c3ccccc3C)C2=O)cc1. The number of thioether (sulfide) groups is 1. The van der Waals surface area contributed by atoms with Crippen LogP contribution in [0.15, 0.2) is 89.5 Å². The summed E-state index contributed by atoms with van der Waals surface area (Å²) in [7, 11) is 1.60. The standard InChI is InChI=1S/C27H23N3O3S/c1-18-8-6-7-11-23(18)30-26(32)24(16-19-12-14-21(33-2)15-13-19)34-27(30)22(17-28)25(31)29-20-9-4-3-5-10-20/h3-15,24H,16H2,1-2H3,(H,29,31)/b27-22-/t24-/m0/s1. The highest BCUT2D eigenvalue weighted by atomic mass is 32.2. The number of carbonyl (C=O) groups excluding carboxylic acids is 2. The summed E-state index contributed by atoms with van der Waals surface area (Å²) in [4.78, 5) is 28.2. The zero-order valence-corrected chi connectivity index (χ0v) is 19.6. The molecule has 0 spiro atoms. The first kappa shape index (κ1) is 23.1. The minimum absolute atomic E-state index is 0.0947. The minimum Gasteiger partial charge on any atom is -0.497 e. The van der Waals surface area contributed by atoms with E-state index in [1.54, 1.807) is 31.4 Å². The van der Waals surface area contributed by atoms with E-state index >= 15 is 0 Å². The normalized spacial score (nSPS) is 16.7. The molecular formula is C27H23N3O3S. The maximum absolute atomic E-state index is 13.6. The van der Waals surface area contributed by atoms with Gasteiger partial charge in [0.15, 0.2) is 0 Å². The van der Waals surface area contributed by atoms with Crippen LogP contribution in [0, 0.1) is 18.3 Å². The fourth-order valence-electron chi connectivity index (χ4n) is 3.71. The van der Waals surface area contributed by atoms with Crippen molar-refractivity contribution in [3.63, 3.8) is 0 Å². The second kappa shape index (κ2) is 10.3. The van der Waals surface area contributed by atoms with E-state index in [9.17, 15) is 14.9 Å². The van der Waals surface area contributed by atoms with E-state index < -0.39 is 11.2 Å². The predicted octanol–water partition coefficient (Wildman–Crippen LogP) is 5.07. The number of carbonyl (C=O) groups is 2. The first-order valence-electron chi connectivity index (χ1n) is 10.7. The first-order valence-corrected chi connectivity index (χ1v) is 11.6. The van der Waals surface area contributed by atoms with E-state index in [1.807, 2.05) is 67.6 Å². The molecular weight excluding hydrogens is 446 g/mol. The number of benzene rings is 3. The van der Waals surface area contributed by atoms with Crippen LogP contribution in [0.2, 0.25) is 0 Å². The topological polar surface area (TPSA) is 82.4 Å². The van der Waals surface area contributed by atoms with Gasteiger partial charge in [-0.15, -0.1) is 0 Å². The summed E-state index contributed by atoms with van der Waals surface area (Å²) >= 11 is 1.25. The van der Waals surface area contributed by atoms with Crippen molar-refractivity contribution in [3.05, 3.63) is 101 Å². The molecule has 1 N–H and O–H groups in total. The molecule has 7 heteroatoms. The maximum Gasteiger partial charge on any atom is 0.269 e. The molecule has 1 atom stereocenters. The Hall–Kier alpha value is -4.02. The molecule has 3 aromatic carbocycles. The maximum atomic E-state index is 13.6. The summed E-state index contributed by atoms with van der Waals surface area (Å²) in [5, 5.41) is 12.6. The second-order valence-electron chi connectivity index (χ2n) is 7.73. The fourth-order valence-corrected chi connectivity index (χ4v) is 5.01. The van der Waals surface area contributed by atoms with Crippen LogP contribution < -0.4 is 15.0 Å². The van der Waals surface area contributed by atoms with Crippen LogP contribution in [0.3, 0.4) is 0 Å². The number of para-hydroxylation sites is 2. The van der Waals surface area contributed by atoms with E-state index in [1.165, 1.54) is 16.7 Å². The van der Waals surface area contributed by atoms with Gasteiger partial charge in [0.25, 0.3) is 5.91 Å². The van der Waals surface area contributed by atoms with E-state index in [4.69, 9.17) is 4.74 Å². The van der Waals surface area contributed by atoms with Crippen molar-refractivity contribution in [2.75, 3.05) is 17.3 Å². The number of nitrogens with zero attached hydrogens (tertiary/aromatic N) is 2. The van der Waals surface area contributed by atoms with E-state index in [0.29, 0.717) is 22.8 Å². The highest BCUT2D eigenvalue weighted by Crippen LogP contribution is 2.43. The molecule has 170 valence electrons. The molecule has 2 amide bonds. The summed E-state index contributed by atoms with van der Waals surface area (Å²) in [6.45, 7) is 1.90. The number of rotatable bonds is 6. The molecule has 34 heavy (non-hydrogen) atoms. The van der Waals surface area contributed by atoms with Gasteiger partial charge >= 0.3 is 0 Å². The number of hydrogen-bond acceptors (Lipinski definition) is 5. The Balaban J connectivity index is 1.72. The Labute approximate surface area is 202 Å². The Morgan fingerprint density at radius 2 is 1.74 bits per heavy atom. The largest absolute Gasteiger partial charge is 0.497 e. The molecule has 0 radical (unpaired) electrons. The van der Waals surface area contributed by atoms with Crippen molar-refractivity contribution in [1.82, 2.24) is 0 Å². The van der Waals surface area contributed by atoms with Crippen LogP contribution in [0.25, 0.3) is 0 Å². The first-order chi connectivity index (χ1) is 16.5. The van der Waals surface area contributed by atoms with Gasteiger partial charge in [-0.25, -0.2) is 0 Å². The fraction of sp³-hybridized carbons (Fsp3) is 0.148. The number of aryl methyl sites for hydroxylation is 1. The number of hydrogen-bond donors (Lipinski definition) is 1. The monoisotopic (exact) mass is 469 g/mol. The van der Waals surface area contributed by atoms with Gasteiger partial charge in [0, 0.05) is 5.69 Å². The average molecular weight is 470 g/mol. The molecule has 6 nitrogen and oxygen atoms in total. The van der Waals surface area contributed by atoms with E-state index in [0.717, 1.165) is 16.9 Å². The molecule has 3 aromatic rings. The van der Waals surface area contributed by atoms with Crippen molar-refractivity contribution < 1.29 is 14.3 Å². The van der Waals surface area contributed by atoms with Crippen LogP contribution in [0.5, 0.6) is 5.75 Å². The highest BCUT2D eigenvalue weighted by Gasteiger charge is 2.41. The molecule has 0 aromatic heterocycles. The molecule has 0 bridgehead atoms. The third kappa shape index (κ3) is 4.82. The lowest BCUT2D eigenvalue weighted by Gasteiger charge is -2.20. The summed E-state index contributed by atoms with van der Waals surface area (Å²) < 4.78 is 5.22. The van der Waals surface area contributed by atoms with Gasteiger partial charge in [-0.05, 0) is 54.8 Å². The number of amides is 2. The number of methoxy groups -OCH3 is 1. The summed E-state index contributed by atoms with van der Waals surface area (Å²) in [6, 6.07) is 26.0. The number of anilines is 2. The highest BCUT2D eigenvalue weighted by molar-refractivity contribution is 8.05. The Morgan fingerprint density at radius 1 is 1.06 bits per heavy atom. The van der Waals surface area contributed by atoms with Crippen molar-refractivity contribution in [3.8, 4) is 11.8 Å². The average Bonchev–Trinajstić information content (AvgIpc) is 3.16. The third-order valence-electron chi connectivity index (χ3n) is 5.47. The number of nitrogens with one attached hydrogen (secondary N) is 1. The summed E-state index contributed by atoms with van der Waals surface area (Å²) in [5.41, 5.74) is 2.98.